The highest BCUT2D eigenvalue weighted by Crippen LogP contribution is 2.19. The van der Waals surface area contributed by atoms with Crippen LogP contribution in [0.3, 0.4) is 0 Å². The molecule has 0 aromatic heterocycles. The molecule has 0 aromatic rings. The van der Waals surface area contributed by atoms with Crippen molar-refractivity contribution in [3.63, 3.8) is 0 Å². The summed E-state index contributed by atoms with van der Waals surface area (Å²) in [5.74, 6) is -2.05. The standard InChI is InChI=1S/C12H19BrO6/c1-5-17-9(14)7-8(10(15)18-6-2)19-11(16)12(3,4)13/h8H,5-7H2,1-4H3/t8-/m1/s1. The summed E-state index contributed by atoms with van der Waals surface area (Å²) < 4.78 is 13.5. The molecule has 0 aromatic carbocycles. The molecular weight excluding hydrogens is 320 g/mol. The van der Waals surface area contributed by atoms with Crippen LogP contribution in [0.25, 0.3) is 0 Å². The maximum absolute atomic E-state index is 11.7. The highest BCUT2D eigenvalue weighted by molar-refractivity contribution is 9.10. The number of ether oxygens (including phenoxy) is 3. The molecule has 19 heavy (non-hydrogen) atoms. The molecule has 0 radical (unpaired) electrons. The van der Waals surface area contributed by atoms with E-state index in [1.165, 1.54) is 0 Å². The predicted octanol–water partition coefficient (Wildman–Crippen LogP) is 1.59. The largest absolute Gasteiger partial charge is 0.466 e. The molecule has 0 aliphatic carbocycles. The normalized spacial score (nSPS) is 12.5. The second-order valence-electron chi connectivity index (χ2n) is 4.13. The molecule has 1 atom stereocenters. The zero-order valence-corrected chi connectivity index (χ0v) is 13.1. The van der Waals surface area contributed by atoms with E-state index in [0.29, 0.717) is 0 Å². The molecule has 0 unspecified atom stereocenters. The van der Waals surface area contributed by atoms with Gasteiger partial charge in [0.15, 0.2) is 0 Å². The summed E-state index contributed by atoms with van der Waals surface area (Å²) in [7, 11) is 0. The summed E-state index contributed by atoms with van der Waals surface area (Å²) in [6.07, 6.45) is -1.65. The number of carbonyl (C=O) groups is 3. The van der Waals surface area contributed by atoms with Crippen molar-refractivity contribution >= 4 is 33.8 Å². The SMILES string of the molecule is CCOC(=O)C[C@@H](OC(=O)C(C)(C)Br)C(=O)OCC. The number of carbonyl (C=O) groups excluding carboxylic acids is 3. The van der Waals surface area contributed by atoms with Crippen molar-refractivity contribution in [3.8, 4) is 0 Å². The van der Waals surface area contributed by atoms with Gasteiger partial charge in [0.05, 0.1) is 19.6 Å². The molecule has 0 heterocycles. The van der Waals surface area contributed by atoms with E-state index in [0.717, 1.165) is 0 Å². The van der Waals surface area contributed by atoms with Crippen LogP contribution in [0.4, 0.5) is 0 Å². The van der Waals surface area contributed by atoms with E-state index < -0.39 is 28.3 Å². The summed E-state index contributed by atoms with van der Waals surface area (Å²) >= 11 is 3.11. The Kier molecular flexibility index (Phi) is 7.66. The Morgan fingerprint density at radius 2 is 1.63 bits per heavy atom. The molecular formula is C12H19BrO6. The van der Waals surface area contributed by atoms with Gasteiger partial charge >= 0.3 is 17.9 Å². The van der Waals surface area contributed by atoms with Gasteiger partial charge in [0.2, 0.25) is 6.10 Å². The summed E-state index contributed by atoms with van der Waals surface area (Å²) in [4.78, 5) is 34.7. The van der Waals surface area contributed by atoms with Crippen molar-refractivity contribution in [1.29, 1.82) is 0 Å². The van der Waals surface area contributed by atoms with Crippen molar-refractivity contribution in [2.24, 2.45) is 0 Å². The van der Waals surface area contributed by atoms with Gasteiger partial charge in [-0.3, -0.25) is 9.59 Å². The molecule has 0 rings (SSSR count). The molecule has 0 saturated carbocycles. The quantitative estimate of drug-likeness (QED) is 0.398. The lowest BCUT2D eigenvalue weighted by molar-refractivity contribution is -0.172. The number of alkyl halides is 1. The molecule has 0 bridgehead atoms. The smallest absolute Gasteiger partial charge is 0.348 e. The minimum Gasteiger partial charge on any atom is -0.466 e. The Hall–Kier alpha value is -1.11. The van der Waals surface area contributed by atoms with Gasteiger partial charge in [0.1, 0.15) is 4.32 Å². The van der Waals surface area contributed by atoms with E-state index in [9.17, 15) is 14.4 Å². The van der Waals surface area contributed by atoms with E-state index in [1.807, 2.05) is 0 Å². The Balaban J connectivity index is 4.72. The number of esters is 3. The van der Waals surface area contributed by atoms with Crippen LogP contribution in [-0.4, -0.2) is 41.5 Å². The third-order valence-corrected chi connectivity index (χ3v) is 2.27. The van der Waals surface area contributed by atoms with Gasteiger partial charge in [-0.1, -0.05) is 15.9 Å². The van der Waals surface area contributed by atoms with Crippen molar-refractivity contribution in [2.75, 3.05) is 13.2 Å². The molecule has 0 saturated heterocycles. The lowest BCUT2D eigenvalue weighted by Gasteiger charge is -2.20. The van der Waals surface area contributed by atoms with Gasteiger partial charge in [0.25, 0.3) is 0 Å². The third-order valence-electron chi connectivity index (χ3n) is 1.94. The summed E-state index contributed by atoms with van der Waals surface area (Å²) in [5, 5.41) is 0. The van der Waals surface area contributed by atoms with Gasteiger partial charge in [-0.25, -0.2) is 4.79 Å². The maximum Gasteiger partial charge on any atom is 0.348 e. The first-order valence-electron chi connectivity index (χ1n) is 5.94. The lowest BCUT2D eigenvalue weighted by Crippen LogP contribution is -2.37. The highest BCUT2D eigenvalue weighted by atomic mass is 79.9. The van der Waals surface area contributed by atoms with E-state index in [4.69, 9.17) is 14.2 Å². The second-order valence-corrected chi connectivity index (χ2v) is 6.11. The Bertz CT molecular complexity index is 334. The molecule has 0 fully saturated rings. The van der Waals surface area contributed by atoms with Gasteiger partial charge in [0, 0.05) is 0 Å². The van der Waals surface area contributed by atoms with Crippen molar-refractivity contribution in [1.82, 2.24) is 0 Å². The molecule has 7 heteroatoms. The molecule has 0 spiro atoms. The topological polar surface area (TPSA) is 78.9 Å². The number of halogens is 1. The lowest BCUT2D eigenvalue weighted by atomic mass is 10.2. The molecule has 0 amide bonds. The number of hydrogen-bond acceptors (Lipinski definition) is 6. The van der Waals surface area contributed by atoms with E-state index in [1.54, 1.807) is 27.7 Å². The summed E-state index contributed by atoms with van der Waals surface area (Å²) in [6.45, 7) is 6.73. The molecule has 6 nitrogen and oxygen atoms in total. The van der Waals surface area contributed by atoms with Gasteiger partial charge in [-0.2, -0.15) is 0 Å². The van der Waals surface area contributed by atoms with E-state index >= 15 is 0 Å². The fourth-order valence-corrected chi connectivity index (χ4v) is 1.14. The van der Waals surface area contributed by atoms with Crippen LogP contribution in [0.1, 0.15) is 34.1 Å². The molecule has 110 valence electrons. The average Bonchev–Trinajstić information content (AvgIpc) is 2.27. The van der Waals surface area contributed by atoms with E-state index in [-0.39, 0.29) is 19.6 Å². The van der Waals surface area contributed by atoms with Crippen LogP contribution < -0.4 is 0 Å². The second kappa shape index (κ2) is 8.14. The number of hydrogen-bond donors (Lipinski definition) is 0. The highest BCUT2D eigenvalue weighted by Gasteiger charge is 2.33. The van der Waals surface area contributed by atoms with Crippen molar-refractivity contribution in [3.05, 3.63) is 0 Å². The van der Waals surface area contributed by atoms with Crippen molar-refractivity contribution in [2.45, 2.75) is 44.5 Å². The summed E-state index contributed by atoms with van der Waals surface area (Å²) in [6, 6.07) is 0. The fraction of sp³-hybridized carbons (Fsp3) is 0.750. The van der Waals surface area contributed by atoms with Crippen LogP contribution in [0.15, 0.2) is 0 Å². The van der Waals surface area contributed by atoms with Gasteiger partial charge in [-0.15, -0.1) is 0 Å². The van der Waals surface area contributed by atoms with Gasteiger partial charge in [-0.05, 0) is 27.7 Å². The monoisotopic (exact) mass is 338 g/mol. The Labute approximate surface area is 120 Å². The molecule has 0 aliphatic heterocycles. The molecule has 0 aliphatic rings. The average molecular weight is 339 g/mol. The third kappa shape index (κ3) is 7.15. The van der Waals surface area contributed by atoms with Crippen LogP contribution in [0, 0.1) is 0 Å². The Morgan fingerprint density at radius 3 is 2.05 bits per heavy atom. The fourth-order valence-electron chi connectivity index (χ4n) is 1.05. The predicted molar refractivity (Wildman–Crippen MR) is 70.8 cm³/mol. The van der Waals surface area contributed by atoms with Gasteiger partial charge < -0.3 is 14.2 Å². The van der Waals surface area contributed by atoms with Crippen LogP contribution in [0.5, 0.6) is 0 Å². The zero-order valence-electron chi connectivity index (χ0n) is 11.5. The molecule has 0 N–H and O–H groups in total. The zero-order chi connectivity index (χ0) is 15.1. The van der Waals surface area contributed by atoms with Crippen LogP contribution in [-0.2, 0) is 28.6 Å². The maximum atomic E-state index is 11.7. The first kappa shape index (κ1) is 17.9. The first-order chi connectivity index (χ1) is 8.72. The minimum absolute atomic E-state index is 0.132. The van der Waals surface area contributed by atoms with Crippen LogP contribution in [0.2, 0.25) is 0 Å². The number of rotatable bonds is 7. The summed E-state index contributed by atoms with van der Waals surface area (Å²) in [5.41, 5.74) is 0. The minimum atomic E-state index is -1.29. The van der Waals surface area contributed by atoms with Crippen molar-refractivity contribution < 1.29 is 28.6 Å². The Morgan fingerprint density at radius 1 is 1.11 bits per heavy atom. The first-order valence-corrected chi connectivity index (χ1v) is 6.73. The van der Waals surface area contributed by atoms with Crippen LogP contribution >= 0.6 is 15.9 Å². The van der Waals surface area contributed by atoms with E-state index in [2.05, 4.69) is 15.9 Å².